The number of hydrogen-bond donors (Lipinski definition) is 2. The lowest BCUT2D eigenvalue weighted by Crippen LogP contribution is -2.48. The predicted octanol–water partition coefficient (Wildman–Crippen LogP) is 3.77. The number of morpholine rings is 1. The summed E-state index contributed by atoms with van der Waals surface area (Å²) >= 11 is 0. The number of benzene rings is 2. The first kappa shape index (κ1) is 22.1. The summed E-state index contributed by atoms with van der Waals surface area (Å²) in [6.45, 7) is 6.66. The zero-order valence-electron chi connectivity index (χ0n) is 19.0. The minimum absolute atomic E-state index is 0.0148. The van der Waals surface area contributed by atoms with Crippen molar-refractivity contribution in [3.05, 3.63) is 65.2 Å². The summed E-state index contributed by atoms with van der Waals surface area (Å²) in [6, 6.07) is 16.4. The molecule has 0 aliphatic carbocycles. The highest BCUT2D eigenvalue weighted by Gasteiger charge is 2.25. The number of carbonyl (C=O) groups excluding carboxylic acids is 1. The smallest absolute Gasteiger partial charge is 0.321 e. The van der Waals surface area contributed by atoms with Gasteiger partial charge in [0.1, 0.15) is 6.10 Å². The van der Waals surface area contributed by atoms with Crippen LogP contribution in [0.4, 0.5) is 10.5 Å². The van der Waals surface area contributed by atoms with Gasteiger partial charge >= 0.3 is 6.03 Å². The van der Waals surface area contributed by atoms with Gasteiger partial charge in [0.2, 0.25) is 0 Å². The summed E-state index contributed by atoms with van der Waals surface area (Å²) in [4.78, 5) is 21.0. The maximum atomic E-state index is 12.4. The molecule has 2 aromatic carbocycles. The van der Waals surface area contributed by atoms with Gasteiger partial charge in [-0.2, -0.15) is 0 Å². The zero-order valence-corrected chi connectivity index (χ0v) is 19.0. The molecule has 2 N–H and O–H groups in total. The molecule has 1 atom stereocenters. The molecule has 0 bridgehead atoms. The van der Waals surface area contributed by atoms with Crippen molar-refractivity contribution in [1.82, 2.24) is 15.1 Å². The molecule has 2 aromatic rings. The summed E-state index contributed by atoms with van der Waals surface area (Å²) in [6.07, 6.45) is 2.21. The molecular weight excluding hydrogens is 402 g/mol. The first-order valence-electron chi connectivity index (χ1n) is 11.4. The molecule has 2 fully saturated rings. The van der Waals surface area contributed by atoms with E-state index in [0.29, 0.717) is 13.2 Å². The third-order valence-electron chi connectivity index (χ3n) is 6.14. The number of ether oxygens (including phenoxy) is 1. The van der Waals surface area contributed by atoms with Crippen LogP contribution in [0, 0.1) is 6.92 Å². The molecule has 170 valence electrons. The molecule has 2 amide bonds. The van der Waals surface area contributed by atoms with Crippen LogP contribution in [0.2, 0.25) is 0 Å². The summed E-state index contributed by atoms with van der Waals surface area (Å²) in [5, 5.41) is 6.50. The summed E-state index contributed by atoms with van der Waals surface area (Å²) in [5.74, 6) is 0.860. The molecule has 4 rings (SSSR count). The van der Waals surface area contributed by atoms with Crippen LogP contribution in [0.5, 0.6) is 0 Å². The molecule has 0 radical (unpaired) electrons. The Balaban J connectivity index is 1.35. The third kappa shape index (κ3) is 5.40. The molecule has 7 heteroatoms. The van der Waals surface area contributed by atoms with E-state index < -0.39 is 0 Å². The second-order valence-corrected chi connectivity index (χ2v) is 8.39. The number of likely N-dealkylation sites (tertiary alicyclic amines) is 1. The Morgan fingerprint density at radius 2 is 1.91 bits per heavy atom. The summed E-state index contributed by atoms with van der Waals surface area (Å²) < 4.78 is 6.06. The first-order chi connectivity index (χ1) is 15.6. The standard InChI is InChI=1S/C25H33N5O2/c1-19-8-3-4-11-22(19)23-18-30(14-15-32-23)24(26-2)27-17-20-9-7-10-21(16-20)28-25(31)29-12-5-6-13-29/h3-4,7-11,16,23H,5-6,12-15,17-18H2,1-2H3,(H,26,27)(H,28,31). The van der Waals surface area contributed by atoms with E-state index in [1.165, 1.54) is 11.1 Å². The first-order valence-corrected chi connectivity index (χ1v) is 11.4. The second-order valence-electron chi connectivity index (χ2n) is 8.39. The van der Waals surface area contributed by atoms with E-state index in [9.17, 15) is 4.79 Å². The van der Waals surface area contributed by atoms with E-state index in [0.717, 1.165) is 56.2 Å². The van der Waals surface area contributed by atoms with E-state index in [1.54, 1.807) is 0 Å². The van der Waals surface area contributed by atoms with E-state index >= 15 is 0 Å². The normalized spacial score (nSPS) is 19.2. The van der Waals surface area contributed by atoms with Gasteiger partial charge in [-0.1, -0.05) is 36.4 Å². The van der Waals surface area contributed by atoms with Crippen LogP contribution in [-0.2, 0) is 11.3 Å². The van der Waals surface area contributed by atoms with Gasteiger partial charge in [0.15, 0.2) is 5.96 Å². The quantitative estimate of drug-likeness (QED) is 0.567. The number of rotatable bonds is 4. The number of aliphatic imine (C=N–C) groups is 1. The minimum atomic E-state index is -0.0148. The number of nitrogens with zero attached hydrogens (tertiary/aromatic N) is 3. The molecule has 2 heterocycles. The Morgan fingerprint density at radius 3 is 2.69 bits per heavy atom. The molecule has 2 saturated heterocycles. The van der Waals surface area contributed by atoms with Crippen LogP contribution in [0.25, 0.3) is 0 Å². The van der Waals surface area contributed by atoms with Gasteiger partial charge in [-0.15, -0.1) is 0 Å². The summed E-state index contributed by atoms with van der Waals surface area (Å²) in [5.41, 5.74) is 4.39. The lowest BCUT2D eigenvalue weighted by Gasteiger charge is -2.35. The van der Waals surface area contributed by atoms with Gasteiger partial charge in [-0.25, -0.2) is 4.79 Å². The Morgan fingerprint density at radius 1 is 1.09 bits per heavy atom. The van der Waals surface area contributed by atoms with Crippen molar-refractivity contribution in [3.63, 3.8) is 0 Å². The van der Waals surface area contributed by atoms with Crippen LogP contribution < -0.4 is 10.6 Å². The van der Waals surface area contributed by atoms with E-state index in [1.807, 2.05) is 30.1 Å². The molecule has 2 aliphatic heterocycles. The van der Waals surface area contributed by atoms with E-state index in [2.05, 4.69) is 57.8 Å². The van der Waals surface area contributed by atoms with Crippen molar-refractivity contribution >= 4 is 17.7 Å². The third-order valence-corrected chi connectivity index (χ3v) is 6.14. The monoisotopic (exact) mass is 435 g/mol. The lowest BCUT2D eigenvalue weighted by atomic mass is 10.0. The van der Waals surface area contributed by atoms with E-state index in [-0.39, 0.29) is 12.1 Å². The maximum Gasteiger partial charge on any atom is 0.321 e. The van der Waals surface area contributed by atoms with Crippen LogP contribution >= 0.6 is 0 Å². The Bertz CT molecular complexity index is 955. The number of amides is 2. The summed E-state index contributed by atoms with van der Waals surface area (Å²) in [7, 11) is 1.81. The number of aryl methyl sites for hydroxylation is 1. The van der Waals surface area contributed by atoms with Gasteiger partial charge < -0.3 is 25.2 Å². The highest BCUT2D eigenvalue weighted by atomic mass is 16.5. The Hall–Kier alpha value is -3.06. The van der Waals surface area contributed by atoms with Gasteiger partial charge in [0, 0.05) is 38.9 Å². The molecule has 2 aliphatic rings. The van der Waals surface area contributed by atoms with Crippen molar-refractivity contribution in [2.75, 3.05) is 45.2 Å². The molecule has 0 aromatic heterocycles. The van der Waals surface area contributed by atoms with Gasteiger partial charge in [-0.3, -0.25) is 4.99 Å². The van der Waals surface area contributed by atoms with Gasteiger partial charge in [-0.05, 0) is 48.6 Å². The van der Waals surface area contributed by atoms with Crippen LogP contribution in [0.3, 0.4) is 0 Å². The average Bonchev–Trinajstić information content (AvgIpc) is 3.36. The fourth-order valence-electron chi connectivity index (χ4n) is 4.37. The van der Waals surface area contributed by atoms with Gasteiger partial charge in [0.05, 0.1) is 13.2 Å². The number of nitrogens with one attached hydrogen (secondary N) is 2. The topological polar surface area (TPSA) is 69.2 Å². The second kappa shape index (κ2) is 10.5. The predicted molar refractivity (Wildman–Crippen MR) is 128 cm³/mol. The number of urea groups is 1. The van der Waals surface area contributed by atoms with Crippen molar-refractivity contribution in [2.24, 2.45) is 4.99 Å². The lowest BCUT2D eigenvalue weighted by molar-refractivity contribution is -0.00833. The minimum Gasteiger partial charge on any atom is -0.370 e. The fourth-order valence-corrected chi connectivity index (χ4v) is 4.37. The van der Waals surface area contributed by atoms with Crippen LogP contribution in [-0.4, -0.2) is 61.6 Å². The van der Waals surface area contributed by atoms with Gasteiger partial charge in [0.25, 0.3) is 0 Å². The molecule has 1 unspecified atom stereocenters. The zero-order chi connectivity index (χ0) is 22.3. The van der Waals surface area contributed by atoms with Crippen molar-refractivity contribution < 1.29 is 9.53 Å². The maximum absolute atomic E-state index is 12.4. The average molecular weight is 436 g/mol. The molecule has 7 nitrogen and oxygen atoms in total. The van der Waals surface area contributed by atoms with Crippen molar-refractivity contribution in [2.45, 2.75) is 32.4 Å². The molecule has 0 spiro atoms. The van der Waals surface area contributed by atoms with Crippen molar-refractivity contribution in [1.29, 1.82) is 0 Å². The molecule has 0 saturated carbocycles. The Labute approximate surface area is 190 Å². The van der Waals surface area contributed by atoms with Crippen LogP contribution in [0.1, 0.15) is 35.6 Å². The molecule has 32 heavy (non-hydrogen) atoms. The van der Waals surface area contributed by atoms with Crippen molar-refractivity contribution in [3.8, 4) is 0 Å². The number of guanidine groups is 1. The van der Waals surface area contributed by atoms with E-state index in [4.69, 9.17) is 4.74 Å². The fraction of sp³-hybridized carbons (Fsp3) is 0.440. The Kier molecular flexibility index (Phi) is 7.27. The SMILES string of the molecule is CN=C(NCc1cccc(NC(=O)N2CCCC2)c1)N1CCOC(c2ccccc2C)C1. The highest BCUT2D eigenvalue weighted by Crippen LogP contribution is 2.25. The number of anilines is 1. The highest BCUT2D eigenvalue weighted by molar-refractivity contribution is 5.89. The number of carbonyl (C=O) groups is 1. The largest absolute Gasteiger partial charge is 0.370 e. The number of hydrogen-bond acceptors (Lipinski definition) is 3. The molecular formula is C25H33N5O2. The van der Waals surface area contributed by atoms with Crippen LogP contribution in [0.15, 0.2) is 53.5 Å².